The van der Waals surface area contributed by atoms with Crippen LogP contribution < -0.4 is 0 Å². The van der Waals surface area contributed by atoms with Crippen molar-refractivity contribution in [3.63, 3.8) is 0 Å². The average Bonchev–Trinajstić information content (AvgIpc) is 2.79. The van der Waals surface area contributed by atoms with Crippen LogP contribution in [-0.4, -0.2) is 39.3 Å². The number of hydrogen-bond acceptors (Lipinski definition) is 4. The highest BCUT2D eigenvalue weighted by Gasteiger charge is 2.24. The third-order valence-electron chi connectivity index (χ3n) is 5.78. The van der Waals surface area contributed by atoms with E-state index in [0.29, 0.717) is 11.8 Å². The zero-order valence-corrected chi connectivity index (χ0v) is 18.0. The minimum Gasteiger partial charge on any atom is -0.339 e. The first-order valence-electron chi connectivity index (χ1n) is 10.6. The minimum absolute atomic E-state index is 0.169. The number of nitrogens with zero attached hydrogens (tertiary/aromatic N) is 3. The fourth-order valence-electron chi connectivity index (χ4n) is 4.25. The summed E-state index contributed by atoms with van der Waals surface area (Å²) in [5.41, 5.74) is 1.54. The quantitative estimate of drug-likeness (QED) is 0.477. The monoisotopic (exact) mass is 423 g/mol. The summed E-state index contributed by atoms with van der Waals surface area (Å²) in [6.07, 6.45) is 5.92. The van der Waals surface area contributed by atoms with Crippen molar-refractivity contribution >= 4 is 28.4 Å². The van der Waals surface area contributed by atoms with E-state index in [1.807, 2.05) is 29.2 Å². The van der Waals surface area contributed by atoms with Crippen LogP contribution in [0.3, 0.4) is 0 Å². The summed E-state index contributed by atoms with van der Waals surface area (Å²) in [6.45, 7) is 2.81. The first kappa shape index (κ1) is 20.8. The van der Waals surface area contributed by atoms with Crippen molar-refractivity contribution in [2.24, 2.45) is 0 Å². The predicted octanol–water partition coefficient (Wildman–Crippen LogP) is 5.71. The standard InChI is InChI=1S/C24H26FN3OS/c1-2-28(19-8-4-3-5-9-19)22(29)16-30-24-21-11-7-6-10-20(21)23(26-27-24)17-12-14-18(25)15-13-17/h6-7,10-15,19H,2-5,8-9,16H2,1H3. The van der Waals surface area contributed by atoms with Crippen molar-refractivity contribution < 1.29 is 9.18 Å². The Morgan fingerprint density at radius 2 is 1.73 bits per heavy atom. The molecule has 0 bridgehead atoms. The van der Waals surface area contributed by atoms with Crippen LogP contribution in [0, 0.1) is 5.82 Å². The molecule has 0 unspecified atom stereocenters. The molecule has 0 atom stereocenters. The van der Waals surface area contributed by atoms with Gasteiger partial charge in [-0.25, -0.2) is 4.39 Å². The van der Waals surface area contributed by atoms with E-state index in [2.05, 4.69) is 17.1 Å². The Balaban J connectivity index is 1.55. The average molecular weight is 424 g/mol. The Bertz CT molecular complexity index is 1020. The highest BCUT2D eigenvalue weighted by molar-refractivity contribution is 8.00. The number of aromatic nitrogens is 2. The maximum absolute atomic E-state index is 13.3. The molecule has 1 amide bonds. The maximum atomic E-state index is 13.3. The van der Waals surface area contributed by atoms with Crippen molar-refractivity contribution in [1.29, 1.82) is 0 Å². The Morgan fingerprint density at radius 1 is 1.03 bits per heavy atom. The van der Waals surface area contributed by atoms with Crippen LogP contribution in [0.15, 0.2) is 53.6 Å². The van der Waals surface area contributed by atoms with Crippen LogP contribution in [0.4, 0.5) is 4.39 Å². The van der Waals surface area contributed by atoms with Crippen molar-refractivity contribution in [1.82, 2.24) is 15.1 Å². The Morgan fingerprint density at radius 3 is 2.43 bits per heavy atom. The van der Waals surface area contributed by atoms with E-state index in [9.17, 15) is 9.18 Å². The summed E-state index contributed by atoms with van der Waals surface area (Å²) in [5.74, 6) is 0.252. The Hall–Kier alpha value is -2.47. The van der Waals surface area contributed by atoms with Crippen LogP contribution in [0.1, 0.15) is 39.0 Å². The molecular weight excluding hydrogens is 397 g/mol. The lowest BCUT2D eigenvalue weighted by Crippen LogP contribution is -2.42. The molecule has 0 N–H and O–H groups in total. The van der Waals surface area contributed by atoms with E-state index < -0.39 is 0 Å². The third-order valence-corrected chi connectivity index (χ3v) is 6.75. The zero-order chi connectivity index (χ0) is 20.9. The Kier molecular flexibility index (Phi) is 6.62. The molecule has 30 heavy (non-hydrogen) atoms. The maximum Gasteiger partial charge on any atom is 0.233 e. The predicted molar refractivity (Wildman–Crippen MR) is 120 cm³/mol. The smallest absolute Gasteiger partial charge is 0.233 e. The van der Waals surface area contributed by atoms with Crippen LogP contribution >= 0.6 is 11.8 Å². The molecule has 4 nitrogen and oxygen atoms in total. The van der Waals surface area contributed by atoms with Crippen molar-refractivity contribution in [3.8, 4) is 11.3 Å². The highest BCUT2D eigenvalue weighted by Crippen LogP contribution is 2.32. The van der Waals surface area contributed by atoms with Crippen molar-refractivity contribution in [2.45, 2.75) is 50.1 Å². The molecule has 2 aromatic carbocycles. The summed E-state index contributed by atoms with van der Waals surface area (Å²) in [4.78, 5) is 15.0. The van der Waals surface area contributed by atoms with Gasteiger partial charge in [-0.15, -0.1) is 10.2 Å². The van der Waals surface area contributed by atoms with Crippen molar-refractivity contribution in [3.05, 3.63) is 54.3 Å². The van der Waals surface area contributed by atoms with Gasteiger partial charge in [-0.2, -0.15) is 0 Å². The van der Waals surface area contributed by atoms with Crippen LogP contribution in [0.25, 0.3) is 22.0 Å². The molecule has 1 saturated carbocycles. The van der Waals surface area contributed by atoms with E-state index in [1.54, 1.807) is 12.1 Å². The van der Waals surface area contributed by atoms with E-state index in [0.717, 1.165) is 46.4 Å². The van der Waals surface area contributed by atoms with E-state index >= 15 is 0 Å². The topological polar surface area (TPSA) is 46.1 Å². The summed E-state index contributed by atoms with van der Waals surface area (Å²) in [5, 5.41) is 11.5. The van der Waals surface area contributed by atoms with Crippen LogP contribution in [0.2, 0.25) is 0 Å². The van der Waals surface area contributed by atoms with Gasteiger partial charge in [0.05, 0.1) is 5.75 Å². The van der Waals surface area contributed by atoms with Gasteiger partial charge in [0.15, 0.2) is 0 Å². The van der Waals surface area contributed by atoms with Gasteiger partial charge in [-0.05, 0) is 44.0 Å². The molecule has 0 radical (unpaired) electrons. The van der Waals surface area contributed by atoms with E-state index in [1.165, 1.54) is 43.2 Å². The molecular formula is C24H26FN3OS. The number of thioether (sulfide) groups is 1. The number of benzene rings is 2. The van der Waals surface area contributed by atoms with Gasteiger partial charge in [0.1, 0.15) is 16.5 Å². The molecule has 156 valence electrons. The summed E-state index contributed by atoms with van der Waals surface area (Å²) in [6, 6.07) is 14.6. The summed E-state index contributed by atoms with van der Waals surface area (Å²) in [7, 11) is 0. The molecule has 6 heteroatoms. The van der Waals surface area contributed by atoms with Gasteiger partial charge < -0.3 is 4.90 Å². The lowest BCUT2D eigenvalue weighted by Gasteiger charge is -2.33. The molecule has 1 aliphatic carbocycles. The lowest BCUT2D eigenvalue weighted by atomic mass is 9.94. The van der Waals surface area contributed by atoms with Gasteiger partial charge in [0.2, 0.25) is 5.91 Å². The van der Waals surface area contributed by atoms with Gasteiger partial charge >= 0.3 is 0 Å². The summed E-state index contributed by atoms with van der Waals surface area (Å²) < 4.78 is 13.3. The second-order valence-corrected chi connectivity index (χ2v) is 8.63. The van der Waals surface area contributed by atoms with Gasteiger partial charge in [0, 0.05) is 28.9 Å². The number of hydrogen-bond donors (Lipinski definition) is 0. The van der Waals surface area contributed by atoms with Gasteiger partial charge in [-0.1, -0.05) is 55.3 Å². The van der Waals surface area contributed by atoms with Gasteiger partial charge in [0.25, 0.3) is 0 Å². The Labute approximate surface area is 180 Å². The molecule has 3 aromatic rings. The minimum atomic E-state index is -0.278. The van der Waals surface area contributed by atoms with Crippen molar-refractivity contribution in [2.75, 3.05) is 12.3 Å². The second kappa shape index (κ2) is 9.56. The third kappa shape index (κ3) is 4.48. The molecule has 4 rings (SSSR count). The lowest BCUT2D eigenvalue weighted by molar-refractivity contribution is -0.131. The second-order valence-electron chi connectivity index (χ2n) is 7.67. The highest BCUT2D eigenvalue weighted by atomic mass is 32.2. The summed E-state index contributed by atoms with van der Waals surface area (Å²) >= 11 is 1.45. The van der Waals surface area contributed by atoms with Crippen LogP contribution in [0.5, 0.6) is 0 Å². The normalized spacial score (nSPS) is 14.7. The molecule has 0 spiro atoms. The molecule has 0 saturated heterocycles. The van der Waals surface area contributed by atoms with E-state index in [-0.39, 0.29) is 11.7 Å². The largest absolute Gasteiger partial charge is 0.339 e. The molecule has 1 heterocycles. The SMILES string of the molecule is CCN(C(=O)CSc1nnc(-c2ccc(F)cc2)c2ccccc12)C1CCCCC1. The number of fused-ring (bicyclic) bond motifs is 1. The number of carbonyl (C=O) groups is 1. The molecule has 1 fully saturated rings. The fourth-order valence-corrected chi connectivity index (χ4v) is 5.11. The number of amides is 1. The first-order valence-corrected chi connectivity index (χ1v) is 11.6. The zero-order valence-electron chi connectivity index (χ0n) is 17.2. The number of carbonyl (C=O) groups excluding carboxylic acids is 1. The van der Waals surface area contributed by atoms with Gasteiger partial charge in [-0.3, -0.25) is 4.79 Å². The first-order chi connectivity index (χ1) is 14.7. The number of rotatable bonds is 6. The fraction of sp³-hybridized carbons (Fsp3) is 0.375. The molecule has 0 aliphatic heterocycles. The van der Waals surface area contributed by atoms with E-state index in [4.69, 9.17) is 0 Å². The molecule has 1 aromatic heterocycles. The molecule has 1 aliphatic rings. The van der Waals surface area contributed by atoms with Crippen LogP contribution in [-0.2, 0) is 4.79 Å². The number of halogens is 1.